The van der Waals surface area contributed by atoms with Crippen molar-refractivity contribution in [1.82, 2.24) is 20.1 Å². The minimum atomic E-state index is -0.832. The molecule has 0 spiro atoms. The fourth-order valence-corrected chi connectivity index (χ4v) is 4.98. The van der Waals surface area contributed by atoms with Crippen LogP contribution in [0.4, 0.5) is 8.78 Å². The fourth-order valence-electron chi connectivity index (χ4n) is 4.59. The van der Waals surface area contributed by atoms with Gasteiger partial charge in [-0.3, -0.25) is 0 Å². The van der Waals surface area contributed by atoms with Gasteiger partial charge in [0.2, 0.25) is 0 Å². The minimum Gasteiger partial charge on any atom is -0.313 e. The van der Waals surface area contributed by atoms with E-state index in [9.17, 15) is 8.78 Å². The lowest BCUT2D eigenvalue weighted by molar-refractivity contribution is 0.324. The van der Waals surface area contributed by atoms with Gasteiger partial charge in [0.05, 0.1) is 10.0 Å². The van der Waals surface area contributed by atoms with Gasteiger partial charge in [-0.1, -0.05) is 35.3 Å². The summed E-state index contributed by atoms with van der Waals surface area (Å²) in [4.78, 5) is 0. The number of nitrogens with zero attached hydrogens (tertiary/aromatic N) is 3. The van der Waals surface area contributed by atoms with Gasteiger partial charge in [0.1, 0.15) is 5.82 Å². The lowest BCUT2D eigenvalue weighted by Gasteiger charge is -2.36. The molecule has 5 rings (SSSR count). The third kappa shape index (κ3) is 3.86. The Hall–Kier alpha value is -2.02. The number of aromatic nitrogens is 3. The normalized spacial score (nSPS) is 23.8. The van der Waals surface area contributed by atoms with Crippen LogP contribution in [0.2, 0.25) is 10.0 Å². The molecule has 1 aliphatic carbocycles. The van der Waals surface area contributed by atoms with E-state index in [2.05, 4.69) is 27.0 Å². The van der Waals surface area contributed by atoms with E-state index in [0.29, 0.717) is 28.5 Å². The molecule has 3 aromatic rings. The number of rotatable bonds is 4. The van der Waals surface area contributed by atoms with E-state index in [4.69, 9.17) is 23.2 Å². The highest BCUT2D eigenvalue weighted by molar-refractivity contribution is 6.43. The average Bonchev–Trinajstić information content (AvgIpc) is 3.51. The Bertz CT molecular complexity index is 1130. The quantitative estimate of drug-likeness (QED) is 0.508. The first kappa shape index (κ1) is 20.9. The van der Waals surface area contributed by atoms with Crippen LogP contribution in [0, 0.1) is 11.6 Å². The van der Waals surface area contributed by atoms with Gasteiger partial charge in [0.25, 0.3) is 0 Å². The molecular weight excluding hydrogens is 441 g/mol. The second kappa shape index (κ2) is 8.15. The maximum absolute atomic E-state index is 14.0. The number of halogens is 4. The Balaban J connectivity index is 1.60. The molecule has 1 saturated carbocycles. The molecule has 2 aromatic carbocycles. The first-order valence-electron chi connectivity index (χ1n) is 10.5. The van der Waals surface area contributed by atoms with Crippen molar-refractivity contribution in [2.75, 3.05) is 6.54 Å². The first-order chi connectivity index (χ1) is 14.9. The zero-order valence-corrected chi connectivity index (χ0v) is 18.5. The van der Waals surface area contributed by atoms with E-state index in [0.717, 1.165) is 36.2 Å². The zero-order valence-electron chi connectivity index (χ0n) is 17.0. The largest absolute Gasteiger partial charge is 0.313 e. The molecule has 31 heavy (non-hydrogen) atoms. The monoisotopic (exact) mass is 462 g/mol. The van der Waals surface area contributed by atoms with Crippen LogP contribution in [-0.2, 0) is 0 Å². The van der Waals surface area contributed by atoms with Crippen molar-refractivity contribution in [3.63, 3.8) is 0 Å². The number of nitrogens with one attached hydrogen (secondary N) is 1. The van der Waals surface area contributed by atoms with E-state index < -0.39 is 11.6 Å². The van der Waals surface area contributed by atoms with Crippen molar-refractivity contribution in [3.8, 4) is 11.4 Å². The Labute approximate surface area is 189 Å². The van der Waals surface area contributed by atoms with Gasteiger partial charge in [0.15, 0.2) is 17.5 Å². The third-order valence-electron chi connectivity index (χ3n) is 6.31. The lowest BCUT2D eigenvalue weighted by Crippen LogP contribution is -2.41. The highest BCUT2D eigenvalue weighted by Gasteiger charge is 2.39. The van der Waals surface area contributed by atoms with Crippen LogP contribution in [0.1, 0.15) is 55.5 Å². The highest BCUT2D eigenvalue weighted by atomic mass is 35.5. The van der Waals surface area contributed by atoms with Crippen LogP contribution >= 0.6 is 23.2 Å². The minimum absolute atomic E-state index is 0.00395. The van der Waals surface area contributed by atoms with Crippen LogP contribution in [0.3, 0.4) is 0 Å². The van der Waals surface area contributed by atoms with Crippen LogP contribution < -0.4 is 5.32 Å². The molecule has 3 atom stereocenters. The van der Waals surface area contributed by atoms with Gasteiger partial charge < -0.3 is 9.88 Å². The lowest BCUT2D eigenvalue weighted by atomic mass is 9.78. The van der Waals surface area contributed by atoms with E-state index in [1.54, 1.807) is 12.1 Å². The Morgan fingerprint density at radius 3 is 2.58 bits per heavy atom. The maximum atomic E-state index is 14.0. The molecule has 4 nitrogen and oxygen atoms in total. The molecule has 1 aromatic heterocycles. The molecule has 8 heteroatoms. The smallest absolute Gasteiger partial charge is 0.165 e. The van der Waals surface area contributed by atoms with E-state index >= 15 is 0 Å². The molecule has 1 unspecified atom stereocenters. The van der Waals surface area contributed by atoms with Gasteiger partial charge in [0, 0.05) is 30.1 Å². The van der Waals surface area contributed by atoms with Crippen molar-refractivity contribution in [2.45, 2.75) is 50.1 Å². The predicted octanol–water partition coefficient (Wildman–Crippen LogP) is 6.11. The molecule has 2 fully saturated rings. The Morgan fingerprint density at radius 1 is 1.03 bits per heavy atom. The molecule has 0 bridgehead atoms. The van der Waals surface area contributed by atoms with E-state index in [1.165, 1.54) is 12.1 Å². The fraction of sp³-hybridized carbons (Fsp3) is 0.391. The highest BCUT2D eigenvalue weighted by Crippen LogP contribution is 2.46. The van der Waals surface area contributed by atoms with Crippen molar-refractivity contribution in [1.29, 1.82) is 0 Å². The van der Waals surface area contributed by atoms with Gasteiger partial charge in [-0.05, 0) is 61.9 Å². The molecule has 1 saturated heterocycles. The summed E-state index contributed by atoms with van der Waals surface area (Å²) in [5.41, 5.74) is 1.53. The second-order valence-electron chi connectivity index (χ2n) is 8.52. The molecule has 1 N–H and O–H groups in total. The van der Waals surface area contributed by atoms with E-state index in [1.807, 2.05) is 12.1 Å². The average molecular weight is 463 g/mol. The Kier molecular flexibility index (Phi) is 5.49. The summed E-state index contributed by atoms with van der Waals surface area (Å²) in [5, 5.41) is 13.5. The van der Waals surface area contributed by atoms with Crippen LogP contribution in [0.25, 0.3) is 11.4 Å². The van der Waals surface area contributed by atoms with E-state index in [-0.39, 0.29) is 17.9 Å². The molecule has 2 heterocycles. The van der Waals surface area contributed by atoms with Crippen molar-refractivity contribution in [2.24, 2.45) is 0 Å². The summed E-state index contributed by atoms with van der Waals surface area (Å²) >= 11 is 12.7. The van der Waals surface area contributed by atoms with Crippen LogP contribution in [0.5, 0.6) is 0 Å². The first-order valence-corrected chi connectivity index (χ1v) is 11.3. The number of hydrogen-bond donors (Lipinski definition) is 1. The summed E-state index contributed by atoms with van der Waals surface area (Å²) in [6.07, 6.45) is 2.88. The van der Waals surface area contributed by atoms with Gasteiger partial charge in [-0.25, -0.2) is 8.78 Å². The maximum Gasteiger partial charge on any atom is 0.165 e. The number of benzene rings is 2. The Morgan fingerprint density at radius 2 is 1.84 bits per heavy atom. The predicted molar refractivity (Wildman–Crippen MR) is 118 cm³/mol. The zero-order chi connectivity index (χ0) is 21.7. The topological polar surface area (TPSA) is 42.7 Å². The SMILES string of the molecule is CC1C[C@H](c2ccc(F)c(F)c2)[C@@H](c2nnc(-c3cccc(Cl)c3Cl)n2C2CC2)CN1. The third-order valence-corrected chi connectivity index (χ3v) is 7.13. The number of hydrogen-bond acceptors (Lipinski definition) is 3. The van der Waals surface area contributed by atoms with Crippen molar-refractivity contribution in [3.05, 3.63) is 69.5 Å². The molecule has 162 valence electrons. The standard InChI is InChI=1S/C23H22Cl2F2N4/c1-12-9-16(13-5-8-19(26)20(27)10-13)17(11-28-12)23-30-29-22(31(23)14-6-7-14)15-3-2-4-18(24)21(15)25/h2-5,8,10,12,14,16-17,28H,6-7,9,11H2,1H3/t12?,16-,17+/m1/s1. The molecule has 0 radical (unpaired) electrons. The van der Waals surface area contributed by atoms with Crippen molar-refractivity contribution >= 4 is 23.2 Å². The van der Waals surface area contributed by atoms with Crippen LogP contribution in [0.15, 0.2) is 36.4 Å². The number of piperidine rings is 1. The van der Waals surface area contributed by atoms with Crippen molar-refractivity contribution < 1.29 is 8.78 Å². The van der Waals surface area contributed by atoms with Gasteiger partial charge >= 0.3 is 0 Å². The van der Waals surface area contributed by atoms with Gasteiger partial charge in [-0.2, -0.15) is 0 Å². The summed E-state index contributed by atoms with van der Waals surface area (Å²) in [5.74, 6) is -0.134. The molecule has 0 amide bonds. The summed E-state index contributed by atoms with van der Waals surface area (Å²) < 4.78 is 29.8. The summed E-state index contributed by atoms with van der Waals surface area (Å²) in [6, 6.07) is 10.3. The summed E-state index contributed by atoms with van der Waals surface area (Å²) in [7, 11) is 0. The van der Waals surface area contributed by atoms with Gasteiger partial charge in [-0.15, -0.1) is 10.2 Å². The molecule has 2 aliphatic rings. The van der Waals surface area contributed by atoms with Crippen LogP contribution in [-0.4, -0.2) is 27.4 Å². The second-order valence-corrected chi connectivity index (χ2v) is 9.30. The summed E-state index contributed by atoms with van der Waals surface area (Å²) in [6.45, 7) is 2.78. The molecular formula is C23H22Cl2F2N4. The molecule has 1 aliphatic heterocycles.